The number of carbonyl (C=O) groups is 1. The Morgan fingerprint density at radius 2 is 1.82 bits per heavy atom. The Balaban J connectivity index is 2.61. The van der Waals surface area contributed by atoms with Crippen LogP contribution < -0.4 is 0 Å². The van der Waals surface area contributed by atoms with Crippen LogP contribution in [-0.4, -0.2) is 16.8 Å². The van der Waals surface area contributed by atoms with E-state index in [9.17, 15) is 4.79 Å². The minimum atomic E-state index is -0.713. The van der Waals surface area contributed by atoms with Crippen molar-refractivity contribution in [2.24, 2.45) is 5.92 Å². The van der Waals surface area contributed by atoms with Crippen LogP contribution in [0.1, 0.15) is 29.2 Å². The Bertz CT molecular complexity index is 390. The van der Waals surface area contributed by atoms with Crippen LogP contribution >= 0.6 is 11.8 Å². The highest BCUT2D eigenvalue weighted by atomic mass is 32.2. The predicted molar refractivity (Wildman–Crippen MR) is 73.6 cm³/mol. The Morgan fingerprint density at radius 3 is 2.29 bits per heavy atom. The summed E-state index contributed by atoms with van der Waals surface area (Å²) < 4.78 is 0. The zero-order valence-corrected chi connectivity index (χ0v) is 11.7. The summed E-state index contributed by atoms with van der Waals surface area (Å²) in [4.78, 5) is 10.7. The van der Waals surface area contributed by atoms with Crippen LogP contribution in [0.3, 0.4) is 0 Å². The van der Waals surface area contributed by atoms with Crippen molar-refractivity contribution < 1.29 is 9.90 Å². The van der Waals surface area contributed by atoms with Gasteiger partial charge in [0.2, 0.25) is 0 Å². The number of hydrogen-bond acceptors (Lipinski definition) is 2. The highest BCUT2D eigenvalue weighted by Crippen LogP contribution is 2.23. The molecule has 1 rings (SSSR count). The van der Waals surface area contributed by atoms with E-state index in [0.29, 0.717) is 5.75 Å². The predicted octanol–water partition coefficient (Wildman–Crippen LogP) is 3.57. The number of carboxylic acid groups (broad SMARTS) is 1. The van der Waals surface area contributed by atoms with E-state index in [0.717, 1.165) is 5.75 Å². The lowest BCUT2D eigenvalue weighted by atomic mass is 10.0. The fraction of sp³-hybridized carbons (Fsp3) is 0.500. The van der Waals surface area contributed by atoms with E-state index in [1.807, 2.05) is 0 Å². The fourth-order valence-electron chi connectivity index (χ4n) is 1.85. The molecule has 94 valence electrons. The molecule has 0 bridgehead atoms. The lowest BCUT2D eigenvalue weighted by molar-refractivity contribution is -0.140. The molecule has 0 saturated carbocycles. The second-order valence-corrected chi connectivity index (χ2v) is 5.66. The van der Waals surface area contributed by atoms with E-state index in [-0.39, 0.29) is 5.92 Å². The first-order chi connectivity index (χ1) is 7.91. The fourth-order valence-corrected chi connectivity index (χ4v) is 3.12. The molecule has 0 aliphatic rings. The van der Waals surface area contributed by atoms with Crippen LogP contribution in [-0.2, 0) is 10.5 Å². The van der Waals surface area contributed by atoms with Gasteiger partial charge >= 0.3 is 5.97 Å². The van der Waals surface area contributed by atoms with E-state index in [2.05, 4.69) is 32.9 Å². The summed E-state index contributed by atoms with van der Waals surface area (Å²) in [5, 5.41) is 8.81. The Labute approximate surface area is 107 Å². The van der Waals surface area contributed by atoms with Gasteiger partial charge in [-0.05, 0) is 37.5 Å². The van der Waals surface area contributed by atoms with Gasteiger partial charge in [-0.25, -0.2) is 0 Å². The molecule has 0 spiro atoms. The molecule has 0 fully saturated rings. The molecule has 2 nitrogen and oxygen atoms in total. The van der Waals surface area contributed by atoms with Crippen LogP contribution in [0.5, 0.6) is 0 Å². The van der Waals surface area contributed by atoms with Crippen molar-refractivity contribution in [1.82, 2.24) is 0 Å². The lowest BCUT2D eigenvalue weighted by Crippen LogP contribution is -2.12. The number of benzene rings is 1. The normalized spacial score (nSPS) is 12.5. The SMILES string of the molecule is Cc1cc(C)c(CSCC(C)C(=O)O)c(C)c1. The van der Waals surface area contributed by atoms with Crippen LogP contribution in [0.4, 0.5) is 0 Å². The Morgan fingerprint density at radius 1 is 1.29 bits per heavy atom. The molecule has 1 atom stereocenters. The van der Waals surface area contributed by atoms with Crippen molar-refractivity contribution in [1.29, 1.82) is 0 Å². The van der Waals surface area contributed by atoms with Gasteiger partial charge in [-0.3, -0.25) is 4.79 Å². The number of aryl methyl sites for hydroxylation is 3. The van der Waals surface area contributed by atoms with Gasteiger partial charge in [0, 0.05) is 11.5 Å². The number of thioether (sulfide) groups is 1. The van der Waals surface area contributed by atoms with E-state index in [4.69, 9.17) is 5.11 Å². The standard InChI is InChI=1S/C14H20O2S/c1-9-5-10(2)13(11(3)6-9)8-17-7-12(4)14(15)16/h5-6,12H,7-8H2,1-4H3,(H,15,16). The zero-order chi connectivity index (χ0) is 13.0. The molecule has 1 unspecified atom stereocenters. The summed E-state index contributed by atoms with van der Waals surface area (Å²) in [5.74, 6) is 0.582. The molecule has 1 aromatic rings. The van der Waals surface area contributed by atoms with Gasteiger partial charge in [0.15, 0.2) is 0 Å². The van der Waals surface area contributed by atoms with Crippen LogP contribution in [0.25, 0.3) is 0 Å². The summed E-state index contributed by atoms with van der Waals surface area (Å²) in [6.45, 7) is 8.10. The first-order valence-electron chi connectivity index (χ1n) is 5.79. The zero-order valence-electron chi connectivity index (χ0n) is 10.9. The van der Waals surface area contributed by atoms with Crippen LogP contribution in [0.15, 0.2) is 12.1 Å². The van der Waals surface area contributed by atoms with Crippen molar-refractivity contribution in [3.8, 4) is 0 Å². The van der Waals surface area contributed by atoms with Gasteiger partial charge in [-0.1, -0.05) is 24.6 Å². The van der Waals surface area contributed by atoms with Crippen LogP contribution in [0.2, 0.25) is 0 Å². The van der Waals surface area contributed by atoms with Gasteiger partial charge in [-0.2, -0.15) is 11.8 Å². The lowest BCUT2D eigenvalue weighted by Gasteiger charge is -2.12. The van der Waals surface area contributed by atoms with Crippen molar-refractivity contribution >= 4 is 17.7 Å². The van der Waals surface area contributed by atoms with E-state index < -0.39 is 5.97 Å². The number of hydrogen-bond donors (Lipinski definition) is 1. The molecular weight excluding hydrogens is 232 g/mol. The minimum absolute atomic E-state index is 0.272. The molecule has 1 aromatic carbocycles. The molecule has 0 radical (unpaired) electrons. The van der Waals surface area contributed by atoms with Gasteiger partial charge in [-0.15, -0.1) is 0 Å². The highest BCUT2D eigenvalue weighted by Gasteiger charge is 2.11. The molecule has 0 heterocycles. The average Bonchev–Trinajstić information content (AvgIpc) is 2.21. The van der Waals surface area contributed by atoms with Gasteiger partial charge in [0.05, 0.1) is 5.92 Å². The first-order valence-corrected chi connectivity index (χ1v) is 6.94. The minimum Gasteiger partial charge on any atom is -0.481 e. The maximum absolute atomic E-state index is 10.7. The smallest absolute Gasteiger partial charge is 0.307 e. The third-order valence-corrected chi connectivity index (χ3v) is 4.10. The largest absolute Gasteiger partial charge is 0.481 e. The van der Waals surface area contributed by atoms with Crippen molar-refractivity contribution in [3.05, 3.63) is 34.4 Å². The molecule has 0 amide bonds. The topological polar surface area (TPSA) is 37.3 Å². The van der Waals surface area contributed by atoms with Gasteiger partial charge < -0.3 is 5.11 Å². The highest BCUT2D eigenvalue weighted by molar-refractivity contribution is 7.98. The Hall–Kier alpha value is -0.960. The molecular formula is C14H20O2S. The maximum atomic E-state index is 10.7. The molecule has 0 aliphatic heterocycles. The van der Waals surface area contributed by atoms with Crippen molar-refractivity contribution in [2.75, 3.05) is 5.75 Å². The van der Waals surface area contributed by atoms with E-state index in [1.165, 1.54) is 22.3 Å². The molecule has 0 aliphatic carbocycles. The molecule has 0 saturated heterocycles. The summed E-state index contributed by atoms with van der Waals surface area (Å²) in [7, 11) is 0. The number of aliphatic carboxylic acids is 1. The molecule has 3 heteroatoms. The Kier molecular flexibility index (Phi) is 5.06. The number of rotatable bonds is 5. The third-order valence-electron chi connectivity index (χ3n) is 2.88. The average molecular weight is 252 g/mol. The first kappa shape index (κ1) is 14.1. The van der Waals surface area contributed by atoms with Gasteiger partial charge in [0.1, 0.15) is 0 Å². The summed E-state index contributed by atoms with van der Waals surface area (Å²) in [6.07, 6.45) is 0. The van der Waals surface area contributed by atoms with E-state index in [1.54, 1.807) is 18.7 Å². The quantitative estimate of drug-likeness (QED) is 0.870. The third kappa shape index (κ3) is 4.08. The maximum Gasteiger partial charge on any atom is 0.307 e. The molecule has 17 heavy (non-hydrogen) atoms. The molecule has 1 N–H and O–H groups in total. The van der Waals surface area contributed by atoms with Crippen molar-refractivity contribution in [3.63, 3.8) is 0 Å². The summed E-state index contributed by atoms with van der Waals surface area (Å²) in [5.41, 5.74) is 5.24. The second-order valence-electron chi connectivity index (χ2n) is 4.63. The van der Waals surface area contributed by atoms with Crippen molar-refractivity contribution in [2.45, 2.75) is 33.4 Å². The monoisotopic (exact) mass is 252 g/mol. The van der Waals surface area contributed by atoms with Crippen LogP contribution in [0, 0.1) is 26.7 Å². The molecule has 0 aromatic heterocycles. The van der Waals surface area contributed by atoms with E-state index >= 15 is 0 Å². The van der Waals surface area contributed by atoms with Gasteiger partial charge in [0.25, 0.3) is 0 Å². The number of carboxylic acids is 1. The summed E-state index contributed by atoms with van der Waals surface area (Å²) >= 11 is 1.70. The second kappa shape index (κ2) is 6.10. The summed E-state index contributed by atoms with van der Waals surface area (Å²) in [6, 6.07) is 4.37.